The van der Waals surface area contributed by atoms with Crippen LogP contribution in [0.2, 0.25) is 0 Å². The first kappa shape index (κ1) is 8.31. The quantitative estimate of drug-likeness (QED) is 0.655. The molecule has 4 fully saturated rings. The lowest BCUT2D eigenvalue weighted by Crippen LogP contribution is -2.24. The maximum Gasteiger partial charge on any atom is 0.0871 e. The standard InChI is InChI=1S/C16H16O/c1-2-4-9-8(3-1)14-10-7-16-6-5-11(16)13(16)12(10)15(9)17-14/h1-4,10-15H,5-7H2/t10-,11?,12-,13+,14-,15+,16+/m1/s1. The Labute approximate surface area is 101 Å². The van der Waals surface area contributed by atoms with Gasteiger partial charge in [-0.3, -0.25) is 0 Å². The second kappa shape index (κ2) is 2.21. The molecule has 1 saturated heterocycles. The van der Waals surface area contributed by atoms with Crippen LogP contribution in [0.4, 0.5) is 0 Å². The fraction of sp³-hybridized carbons (Fsp3) is 0.625. The van der Waals surface area contributed by atoms with E-state index in [9.17, 15) is 0 Å². The van der Waals surface area contributed by atoms with E-state index < -0.39 is 0 Å². The minimum atomic E-state index is 0.463. The third kappa shape index (κ3) is 0.661. The Hall–Kier alpha value is -0.820. The highest BCUT2D eigenvalue weighted by atomic mass is 16.5. The van der Waals surface area contributed by atoms with Crippen molar-refractivity contribution in [1.82, 2.24) is 0 Å². The molecule has 1 aromatic rings. The second-order valence-electron chi connectivity index (χ2n) is 6.96. The summed E-state index contributed by atoms with van der Waals surface area (Å²) in [4.78, 5) is 0. The van der Waals surface area contributed by atoms with Gasteiger partial charge in [-0.25, -0.2) is 0 Å². The van der Waals surface area contributed by atoms with E-state index in [1.165, 1.54) is 30.4 Å². The van der Waals surface area contributed by atoms with Crippen molar-refractivity contribution in [2.24, 2.45) is 29.1 Å². The Bertz CT molecular complexity index is 550. The van der Waals surface area contributed by atoms with Crippen LogP contribution >= 0.6 is 0 Å². The predicted octanol–water partition coefficient (Wildman–Crippen LogP) is 3.47. The van der Waals surface area contributed by atoms with Gasteiger partial charge in [-0.1, -0.05) is 24.3 Å². The predicted molar refractivity (Wildman–Crippen MR) is 63.3 cm³/mol. The molecule has 2 bridgehead atoms. The Kier molecular flexibility index (Phi) is 1.08. The molecule has 0 aromatic heterocycles. The zero-order valence-corrected chi connectivity index (χ0v) is 9.80. The molecule has 3 aliphatic carbocycles. The van der Waals surface area contributed by atoms with Crippen LogP contribution in [-0.2, 0) is 4.74 Å². The summed E-state index contributed by atoms with van der Waals surface area (Å²) < 4.78 is 6.33. The summed E-state index contributed by atoms with van der Waals surface area (Å²) in [7, 11) is 0. The summed E-state index contributed by atoms with van der Waals surface area (Å²) in [5, 5.41) is 0. The smallest absolute Gasteiger partial charge is 0.0871 e. The molecule has 1 nitrogen and oxygen atoms in total. The molecule has 17 heavy (non-hydrogen) atoms. The Morgan fingerprint density at radius 3 is 2.71 bits per heavy atom. The number of hydrogen-bond acceptors (Lipinski definition) is 1. The van der Waals surface area contributed by atoms with Gasteiger partial charge in [0.2, 0.25) is 0 Å². The van der Waals surface area contributed by atoms with Gasteiger partial charge in [-0.05, 0) is 59.5 Å². The average molecular weight is 224 g/mol. The fourth-order valence-corrected chi connectivity index (χ4v) is 6.21. The fourth-order valence-electron chi connectivity index (χ4n) is 6.21. The second-order valence-corrected chi connectivity index (χ2v) is 6.96. The number of benzene rings is 1. The number of rotatable bonds is 0. The molecule has 1 unspecified atom stereocenters. The van der Waals surface area contributed by atoms with Gasteiger partial charge in [-0.15, -0.1) is 0 Å². The van der Waals surface area contributed by atoms with Crippen LogP contribution in [0, 0.1) is 29.1 Å². The zero-order valence-electron chi connectivity index (χ0n) is 9.80. The van der Waals surface area contributed by atoms with Crippen LogP contribution in [0.25, 0.3) is 0 Å². The monoisotopic (exact) mass is 224 g/mol. The molecule has 1 spiro atoms. The van der Waals surface area contributed by atoms with E-state index in [1.54, 1.807) is 0 Å². The summed E-state index contributed by atoms with van der Waals surface area (Å²) >= 11 is 0. The number of ether oxygens (including phenoxy) is 1. The van der Waals surface area contributed by atoms with Crippen molar-refractivity contribution in [2.75, 3.05) is 0 Å². The van der Waals surface area contributed by atoms with Crippen molar-refractivity contribution in [1.29, 1.82) is 0 Å². The van der Waals surface area contributed by atoms with Crippen LogP contribution < -0.4 is 0 Å². The maximum atomic E-state index is 6.33. The van der Waals surface area contributed by atoms with Crippen molar-refractivity contribution >= 4 is 0 Å². The minimum absolute atomic E-state index is 0.463. The van der Waals surface area contributed by atoms with Crippen LogP contribution in [-0.4, -0.2) is 0 Å². The van der Waals surface area contributed by atoms with E-state index in [-0.39, 0.29) is 0 Å². The highest BCUT2D eigenvalue weighted by molar-refractivity contribution is 5.43. The van der Waals surface area contributed by atoms with E-state index in [1.807, 2.05) is 0 Å². The zero-order chi connectivity index (χ0) is 10.8. The van der Waals surface area contributed by atoms with Crippen molar-refractivity contribution in [3.8, 4) is 0 Å². The van der Waals surface area contributed by atoms with E-state index in [2.05, 4.69) is 24.3 Å². The van der Waals surface area contributed by atoms with Crippen molar-refractivity contribution in [2.45, 2.75) is 31.5 Å². The van der Waals surface area contributed by atoms with Crippen LogP contribution in [0.5, 0.6) is 0 Å². The Morgan fingerprint density at radius 2 is 1.94 bits per heavy atom. The third-order valence-corrected chi connectivity index (χ3v) is 6.81. The molecule has 0 radical (unpaired) electrons. The van der Waals surface area contributed by atoms with Gasteiger partial charge in [-0.2, -0.15) is 0 Å². The molecular formula is C16H16O. The Balaban J connectivity index is 1.54. The third-order valence-electron chi connectivity index (χ3n) is 6.81. The highest BCUT2D eigenvalue weighted by Gasteiger charge is 2.80. The summed E-state index contributed by atoms with van der Waals surface area (Å²) in [6.07, 6.45) is 5.47. The molecule has 2 aliphatic heterocycles. The average Bonchev–Trinajstić information content (AvgIpc) is 2.79. The van der Waals surface area contributed by atoms with Crippen molar-refractivity contribution in [3.05, 3.63) is 35.4 Å². The van der Waals surface area contributed by atoms with E-state index in [0.29, 0.717) is 12.2 Å². The molecule has 0 amide bonds. The van der Waals surface area contributed by atoms with Crippen LogP contribution in [0.3, 0.4) is 0 Å². The van der Waals surface area contributed by atoms with Gasteiger partial charge >= 0.3 is 0 Å². The lowest BCUT2D eigenvalue weighted by Gasteiger charge is -2.31. The molecule has 86 valence electrons. The van der Waals surface area contributed by atoms with E-state index in [0.717, 1.165) is 29.1 Å². The molecule has 1 heteroatoms. The van der Waals surface area contributed by atoms with E-state index in [4.69, 9.17) is 4.74 Å². The molecular weight excluding hydrogens is 208 g/mol. The normalized spacial score (nSPS) is 59.1. The lowest BCUT2D eigenvalue weighted by molar-refractivity contribution is 0.0424. The highest BCUT2D eigenvalue weighted by Crippen LogP contribution is 2.87. The van der Waals surface area contributed by atoms with Crippen LogP contribution in [0.15, 0.2) is 24.3 Å². The molecule has 7 atom stereocenters. The molecule has 5 aliphatic rings. The topological polar surface area (TPSA) is 9.23 Å². The van der Waals surface area contributed by atoms with Gasteiger partial charge < -0.3 is 4.74 Å². The first-order valence-corrected chi connectivity index (χ1v) is 7.14. The van der Waals surface area contributed by atoms with Gasteiger partial charge in [0.1, 0.15) is 0 Å². The first-order valence-electron chi connectivity index (χ1n) is 7.14. The first-order chi connectivity index (χ1) is 8.40. The largest absolute Gasteiger partial charge is 0.365 e. The van der Waals surface area contributed by atoms with Gasteiger partial charge in [0.05, 0.1) is 12.2 Å². The van der Waals surface area contributed by atoms with Gasteiger partial charge in [0.15, 0.2) is 0 Å². The van der Waals surface area contributed by atoms with Crippen LogP contribution in [0.1, 0.15) is 42.6 Å². The number of hydrogen-bond donors (Lipinski definition) is 0. The number of fused-ring (bicyclic) bond motifs is 10. The van der Waals surface area contributed by atoms with Crippen molar-refractivity contribution < 1.29 is 4.74 Å². The van der Waals surface area contributed by atoms with Crippen molar-refractivity contribution in [3.63, 3.8) is 0 Å². The van der Waals surface area contributed by atoms with Gasteiger partial charge in [0, 0.05) is 0 Å². The SMILES string of the molecule is c1ccc2c(c1)[C@H]1O[C@@H]2[C@@H]2[C@H]1C[C@@]13CCC1[C@@H]23. The molecule has 6 rings (SSSR count). The summed E-state index contributed by atoms with van der Waals surface area (Å²) in [5.74, 6) is 3.92. The molecule has 2 heterocycles. The molecule has 1 aromatic carbocycles. The lowest BCUT2D eigenvalue weighted by atomic mass is 9.71. The maximum absolute atomic E-state index is 6.33. The molecule has 3 saturated carbocycles. The summed E-state index contributed by atoms with van der Waals surface area (Å²) in [6.45, 7) is 0. The van der Waals surface area contributed by atoms with E-state index >= 15 is 0 Å². The molecule has 0 N–H and O–H groups in total. The minimum Gasteiger partial charge on any atom is -0.365 e. The summed E-state index contributed by atoms with van der Waals surface area (Å²) in [5.41, 5.74) is 3.88. The summed E-state index contributed by atoms with van der Waals surface area (Å²) in [6, 6.07) is 8.98. The Morgan fingerprint density at radius 1 is 1.12 bits per heavy atom. The van der Waals surface area contributed by atoms with Gasteiger partial charge in [0.25, 0.3) is 0 Å².